The molecule has 0 saturated carbocycles. The minimum absolute atomic E-state index is 0.156. The minimum Gasteiger partial charge on any atom is -0.544 e. The van der Waals surface area contributed by atoms with Crippen LogP contribution in [0, 0.1) is 11.8 Å². The second kappa shape index (κ2) is 10.8. The van der Waals surface area contributed by atoms with Crippen molar-refractivity contribution in [3.8, 4) is 5.75 Å². The molecule has 0 aliphatic rings. The summed E-state index contributed by atoms with van der Waals surface area (Å²) in [5, 5.41) is 0. The van der Waals surface area contributed by atoms with Crippen molar-refractivity contribution in [1.82, 2.24) is 0 Å². The summed E-state index contributed by atoms with van der Waals surface area (Å²) in [4.78, 5) is 0. The molecule has 0 amide bonds. The van der Waals surface area contributed by atoms with Crippen LogP contribution in [0.15, 0.2) is 48.5 Å². The Hall–Kier alpha value is -1.62. The van der Waals surface area contributed by atoms with Crippen molar-refractivity contribution in [3.63, 3.8) is 0 Å². The zero-order valence-corrected chi connectivity index (χ0v) is 21.9. The normalized spacial score (nSPS) is 13.6. The maximum Gasteiger partial charge on any atom is 0.242 e. The Morgan fingerprint density at radius 2 is 1.55 bits per heavy atom. The third-order valence-electron chi connectivity index (χ3n) is 6.25. The average Bonchev–Trinajstić information content (AvgIpc) is 2.70. The van der Waals surface area contributed by atoms with Gasteiger partial charge >= 0.3 is 0 Å². The molecular formula is C27H43NO2Si. The van der Waals surface area contributed by atoms with Crippen molar-refractivity contribution >= 4 is 8.32 Å². The first kappa shape index (κ1) is 25.6. The Labute approximate surface area is 191 Å². The van der Waals surface area contributed by atoms with Crippen LogP contribution in [-0.2, 0) is 11.3 Å². The van der Waals surface area contributed by atoms with E-state index in [0.29, 0.717) is 25.0 Å². The van der Waals surface area contributed by atoms with E-state index < -0.39 is 8.32 Å². The molecule has 0 aliphatic heterocycles. The monoisotopic (exact) mass is 441 g/mol. The summed E-state index contributed by atoms with van der Waals surface area (Å²) in [6.45, 7) is 19.0. The number of rotatable bonds is 11. The summed E-state index contributed by atoms with van der Waals surface area (Å²) in [7, 11) is -1.78. The summed E-state index contributed by atoms with van der Waals surface area (Å²) in [6.07, 6.45) is 0.868. The number of nitrogens with two attached hydrogens (primary N) is 1. The Morgan fingerprint density at radius 1 is 0.935 bits per heavy atom. The smallest absolute Gasteiger partial charge is 0.242 e. The van der Waals surface area contributed by atoms with Crippen LogP contribution in [0.5, 0.6) is 5.75 Å². The maximum atomic E-state index is 7.10. The van der Waals surface area contributed by atoms with Gasteiger partial charge in [0.05, 0.1) is 6.61 Å². The largest absolute Gasteiger partial charge is 0.544 e. The molecule has 3 nitrogen and oxygen atoms in total. The first-order valence-corrected chi connectivity index (χ1v) is 15.1. The van der Waals surface area contributed by atoms with Gasteiger partial charge in [-0.3, -0.25) is 0 Å². The standard InChI is InChI=1S/C27H43NO2Si/c1-9-29-19-22-15-16-26(30-31(6,7)8)24(17-22)25(23-13-11-10-12-14-23)18-27(28,20(2)3)21(4)5/h10-17,20-21,25H,9,18-19,28H2,1-8H3. The second-order valence-electron chi connectivity index (χ2n) is 10.3. The van der Waals surface area contributed by atoms with Gasteiger partial charge in [-0.1, -0.05) is 64.1 Å². The predicted octanol–water partition coefficient (Wildman–Crippen LogP) is 6.97. The fourth-order valence-corrected chi connectivity index (χ4v) is 5.03. The van der Waals surface area contributed by atoms with Crippen LogP contribution in [-0.4, -0.2) is 20.5 Å². The third kappa shape index (κ3) is 6.93. The lowest BCUT2D eigenvalue weighted by molar-refractivity contribution is 0.134. The highest BCUT2D eigenvalue weighted by atomic mass is 28.4. The molecule has 2 aromatic rings. The second-order valence-corrected chi connectivity index (χ2v) is 14.7. The van der Waals surface area contributed by atoms with Crippen molar-refractivity contribution in [2.24, 2.45) is 17.6 Å². The lowest BCUT2D eigenvalue weighted by Gasteiger charge is -2.41. The molecule has 1 atom stereocenters. The molecule has 0 heterocycles. The van der Waals surface area contributed by atoms with Crippen LogP contribution in [0.25, 0.3) is 0 Å². The molecule has 0 radical (unpaired) electrons. The van der Waals surface area contributed by atoms with E-state index >= 15 is 0 Å². The molecule has 0 bridgehead atoms. The number of benzene rings is 2. The molecule has 0 fully saturated rings. The molecule has 172 valence electrons. The van der Waals surface area contributed by atoms with Gasteiger partial charge < -0.3 is 14.9 Å². The number of hydrogen-bond acceptors (Lipinski definition) is 3. The van der Waals surface area contributed by atoms with Crippen molar-refractivity contribution in [2.45, 2.75) is 78.7 Å². The molecule has 1 unspecified atom stereocenters. The van der Waals surface area contributed by atoms with E-state index in [1.807, 2.05) is 6.92 Å². The fraction of sp³-hybridized carbons (Fsp3) is 0.556. The highest BCUT2D eigenvalue weighted by molar-refractivity contribution is 6.70. The van der Waals surface area contributed by atoms with Crippen molar-refractivity contribution < 1.29 is 9.16 Å². The first-order chi connectivity index (χ1) is 14.5. The predicted molar refractivity (Wildman–Crippen MR) is 135 cm³/mol. The number of ether oxygens (including phenoxy) is 1. The van der Waals surface area contributed by atoms with Gasteiger partial charge in [0.25, 0.3) is 0 Å². The van der Waals surface area contributed by atoms with Crippen molar-refractivity contribution in [1.29, 1.82) is 0 Å². The number of hydrogen-bond donors (Lipinski definition) is 1. The van der Waals surface area contributed by atoms with E-state index in [1.54, 1.807) is 0 Å². The molecule has 0 spiro atoms. The van der Waals surface area contributed by atoms with Crippen LogP contribution < -0.4 is 10.2 Å². The quantitative estimate of drug-likeness (QED) is 0.383. The molecule has 2 N–H and O–H groups in total. The molecule has 31 heavy (non-hydrogen) atoms. The van der Waals surface area contributed by atoms with Gasteiger partial charge in [0.2, 0.25) is 8.32 Å². The van der Waals surface area contributed by atoms with Crippen LogP contribution in [0.2, 0.25) is 19.6 Å². The molecule has 2 rings (SSSR count). The van der Waals surface area contributed by atoms with Crippen LogP contribution >= 0.6 is 0 Å². The minimum atomic E-state index is -1.78. The first-order valence-electron chi connectivity index (χ1n) is 11.7. The van der Waals surface area contributed by atoms with E-state index in [9.17, 15) is 0 Å². The van der Waals surface area contributed by atoms with E-state index in [4.69, 9.17) is 14.9 Å². The Morgan fingerprint density at radius 3 is 2.06 bits per heavy atom. The summed E-state index contributed by atoms with van der Waals surface area (Å²) in [5.74, 6) is 1.88. The summed E-state index contributed by atoms with van der Waals surface area (Å²) >= 11 is 0. The zero-order valence-electron chi connectivity index (χ0n) is 20.9. The lowest BCUT2D eigenvalue weighted by Crippen LogP contribution is -2.51. The van der Waals surface area contributed by atoms with E-state index in [1.165, 1.54) is 16.7 Å². The van der Waals surface area contributed by atoms with Gasteiger partial charge in [0.15, 0.2) is 0 Å². The summed E-state index contributed by atoms with van der Waals surface area (Å²) in [6, 6.07) is 17.3. The Balaban J connectivity index is 2.65. The fourth-order valence-electron chi connectivity index (χ4n) is 4.19. The lowest BCUT2D eigenvalue weighted by atomic mass is 9.69. The molecule has 0 aliphatic carbocycles. The molecule has 2 aromatic carbocycles. The van der Waals surface area contributed by atoms with Crippen LogP contribution in [0.3, 0.4) is 0 Å². The van der Waals surface area contributed by atoms with E-state index in [0.717, 1.165) is 12.2 Å². The van der Waals surface area contributed by atoms with Crippen LogP contribution in [0.1, 0.15) is 63.6 Å². The SMILES string of the molecule is CCOCc1ccc(O[Si](C)(C)C)c(C(CC(N)(C(C)C)C(C)C)c2ccccc2)c1. The van der Waals surface area contributed by atoms with E-state index in [2.05, 4.69) is 95.9 Å². The van der Waals surface area contributed by atoms with Gasteiger partial charge in [-0.15, -0.1) is 0 Å². The van der Waals surface area contributed by atoms with Crippen molar-refractivity contribution in [3.05, 3.63) is 65.2 Å². The highest BCUT2D eigenvalue weighted by Gasteiger charge is 2.37. The van der Waals surface area contributed by atoms with E-state index in [-0.39, 0.29) is 11.5 Å². The molecule has 4 heteroatoms. The average molecular weight is 442 g/mol. The summed E-state index contributed by atoms with van der Waals surface area (Å²) < 4.78 is 12.3. The highest BCUT2D eigenvalue weighted by Crippen LogP contribution is 2.42. The van der Waals surface area contributed by atoms with Gasteiger partial charge in [-0.2, -0.15) is 0 Å². The van der Waals surface area contributed by atoms with Gasteiger partial charge in [-0.05, 0) is 68.1 Å². The molecule has 0 saturated heterocycles. The van der Waals surface area contributed by atoms with Gasteiger partial charge in [0.1, 0.15) is 5.75 Å². The van der Waals surface area contributed by atoms with Crippen molar-refractivity contribution in [2.75, 3.05) is 6.61 Å². The Kier molecular flexibility index (Phi) is 8.93. The molecular weight excluding hydrogens is 398 g/mol. The summed E-state index contributed by atoms with van der Waals surface area (Å²) in [5.41, 5.74) is 10.5. The Bertz CT molecular complexity index is 804. The topological polar surface area (TPSA) is 44.5 Å². The molecule has 0 aromatic heterocycles. The van der Waals surface area contributed by atoms with Crippen LogP contribution in [0.4, 0.5) is 0 Å². The zero-order chi connectivity index (χ0) is 23.2. The van der Waals surface area contributed by atoms with Gasteiger partial charge in [0, 0.05) is 23.6 Å². The third-order valence-corrected chi connectivity index (χ3v) is 7.08. The van der Waals surface area contributed by atoms with Gasteiger partial charge in [-0.25, -0.2) is 0 Å². The maximum absolute atomic E-state index is 7.10.